The first-order chi connectivity index (χ1) is 7.98. The lowest BCUT2D eigenvalue weighted by molar-refractivity contribution is 0.342. The number of sulfonamides is 1. The van der Waals surface area contributed by atoms with Crippen LogP contribution >= 0.6 is 11.3 Å². The summed E-state index contributed by atoms with van der Waals surface area (Å²) in [5.74, 6) is 0. The van der Waals surface area contributed by atoms with Crippen LogP contribution in [0.25, 0.3) is 0 Å². The SMILES string of the molecule is CCC(C)N(CC)S(=O)(=O)c1ccsc1CN. The van der Waals surface area contributed by atoms with Gasteiger partial charge >= 0.3 is 0 Å². The summed E-state index contributed by atoms with van der Waals surface area (Å²) in [6, 6.07) is 1.66. The third kappa shape index (κ3) is 2.88. The molecular weight excluding hydrogens is 256 g/mol. The topological polar surface area (TPSA) is 63.4 Å². The van der Waals surface area contributed by atoms with E-state index >= 15 is 0 Å². The Labute approximate surface area is 107 Å². The Balaban J connectivity index is 3.17. The summed E-state index contributed by atoms with van der Waals surface area (Å²) >= 11 is 1.39. The minimum Gasteiger partial charge on any atom is -0.326 e. The molecule has 1 aromatic heterocycles. The van der Waals surface area contributed by atoms with Gasteiger partial charge < -0.3 is 5.73 Å². The van der Waals surface area contributed by atoms with E-state index in [1.807, 2.05) is 20.8 Å². The first kappa shape index (κ1) is 14.6. The molecule has 1 heterocycles. The fourth-order valence-electron chi connectivity index (χ4n) is 1.76. The quantitative estimate of drug-likeness (QED) is 0.864. The summed E-state index contributed by atoms with van der Waals surface area (Å²) in [6.07, 6.45) is 0.801. The van der Waals surface area contributed by atoms with E-state index in [-0.39, 0.29) is 12.6 Å². The van der Waals surface area contributed by atoms with Crippen molar-refractivity contribution in [3.8, 4) is 0 Å². The number of nitrogens with two attached hydrogens (primary N) is 1. The number of hydrogen-bond donors (Lipinski definition) is 1. The van der Waals surface area contributed by atoms with E-state index in [0.717, 1.165) is 11.3 Å². The zero-order valence-corrected chi connectivity index (χ0v) is 12.1. The van der Waals surface area contributed by atoms with Gasteiger partial charge in [-0.2, -0.15) is 4.31 Å². The molecule has 0 aliphatic heterocycles. The van der Waals surface area contributed by atoms with Gasteiger partial charge in [-0.3, -0.25) is 0 Å². The van der Waals surface area contributed by atoms with Gasteiger partial charge in [-0.15, -0.1) is 11.3 Å². The lowest BCUT2D eigenvalue weighted by Gasteiger charge is -2.26. The van der Waals surface area contributed by atoms with Crippen LogP contribution in [0.1, 0.15) is 32.1 Å². The molecular formula is C11H20N2O2S2. The predicted molar refractivity (Wildman–Crippen MR) is 71.5 cm³/mol. The molecule has 0 aliphatic rings. The zero-order chi connectivity index (χ0) is 13.1. The predicted octanol–water partition coefficient (Wildman–Crippen LogP) is 2.02. The van der Waals surface area contributed by atoms with Gasteiger partial charge in [0.15, 0.2) is 0 Å². The van der Waals surface area contributed by atoms with Crippen LogP contribution in [0.2, 0.25) is 0 Å². The molecule has 98 valence electrons. The minimum absolute atomic E-state index is 0.00974. The highest BCUT2D eigenvalue weighted by Crippen LogP contribution is 2.26. The second kappa shape index (κ2) is 5.95. The molecule has 0 amide bonds. The highest BCUT2D eigenvalue weighted by atomic mass is 32.2. The van der Waals surface area contributed by atoms with Gasteiger partial charge in [0.25, 0.3) is 0 Å². The molecule has 1 atom stereocenters. The summed E-state index contributed by atoms with van der Waals surface area (Å²) in [4.78, 5) is 1.10. The molecule has 0 saturated heterocycles. The second-order valence-electron chi connectivity index (χ2n) is 3.88. The van der Waals surface area contributed by atoms with Crippen molar-refractivity contribution in [3.63, 3.8) is 0 Å². The van der Waals surface area contributed by atoms with E-state index in [0.29, 0.717) is 11.4 Å². The lowest BCUT2D eigenvalue weighted by Crippen LogP contribution is -2.38. The maximum absolute atomic E-state index is 12.5. The fourth-order valence-corrected chi connectivity index (χ4v) is 4.78. The number of hydrogen-bond acceptors (Lipinski definition) is 4. The molecule has 0 fully saturated rings. The molecule has 0 radical (unpaired) electrons. The Morgan fingerprint density at radius 1 is 1.47 bits per heavy atom. The molecule has 0 aliphatic carbocycles. The molecule has 0 spiro atoms. The van der Waals surface area contributed by atoms with Crippen LogP contribution in [0.5, 0.6) is 0 Å². The van der Waals surface area contributed by atoms with E-state index in [1.54, 1.807) is 11.4 Å². The minimum atomic E-state index is -3.40. The third-order valence-electron chi connectivity index (χ3n) is 2.87. The van der Waals surface area contributed by atoms with Crippen molar-refractivity contribution >= 4 is 21.4 Å². The van der Waals surface area contributed by atoms with Crippen LogP contribution in [-0.4, -0.2) is 25.3 Å². The van der Waals surface area contributed by atoms with Gasteiger partial charge in [0.05, 0.1) is 4.90 Å². The summed E-state index contributed by atoms with van der Waals surface area (Å²) < 4.78 is 26.5. The molecule has 0 bridgehead atoms. The third-order valence-corrected chi connectivity index (χ3v) is 6.12. The van der Waals surface area contributed by atoms with Gasteiger partial charge in [0.1, 0.15) is 0 Å². The van der Waals surface area contributed by atoms with Crippen molar-refractivity contribution in [2.45, 2.75) is 44.7 Å². The molecule has 17 heavy (non-hydrogen) atoms. The maximum atomic E-state index is 12.5. The standard InChI is InChI=1S/C11H20N2O2S2/c1-4-9(3)13(5-2)17(14,15)11-6-7-16-10(11)8-12/h6-7,9H,4-5,8,12H2,1-3H3. The Hall–Kier alpha value is -0.430. The van der Waals surface area contributed by atoms with Crippen molar-refractivity contribution in [1.29, 1.82) is 0 Å². The van der Waals surface area contributed by atoms with Crippen LogP contribution in [0.3, 0.4) is 0 Å². The van der Waals surface area contributed by atoms with Crippen LogP contribution in [0.4, 0.5) is 0 Å². The monoisotopic (exact) mass is 276 g/mol. The van der Waals surface area contributed by atoms with Gasteiger partial charge in [-0.25, -0.2) is 8.42 Å². The average molecular weight is 276 g/mol. The molecule has 1 unspecified atom stereocenters. The average Bonchev–Trinajstić information content (AvgIpc) is 2.78. The van der Waals surface area contributed by atoms with Crippen LogP contribution in [0.15, 0.2) is 16.3 Å². The molecule has 0 aromatic carbocycles. The largest absolute Gasteiger partial charge is 0.326 e. The zero-order valence-electron chi connectivity index (χ0n) is 10.5. The van der Waals surface area contributed by atoms with Crippen molar-refractivity contribution in [1.82, 2.24) is 4.31 Å². The van der Waals surface area contributed by atoms with Crippen LogP contribution < -0.4 is 5.73 Å². The van der Waals surface area contributed by atoms with Crippen molar-refractivity contribution in [2.75, 3.05) is 6.54 Å². The number of nitrogens with zero attached hydrogens (tertiary/aromatic N) is 1. The first-order valence-electron chi connectivity index (χ1n) is 5.77. The number of thiophene rings is 1. The van der Waals surface area contributed by atoms with E-state index in [4.69, 9.17) is 5.73 Å². The molecule has 2 N–H and O–H groups in total. The van der Waals surface area contributed by atoms with Crippen molar-refractivity contribution < 1.29 is 8.42 Å². The Morgan fingerprint density at radius 2 is 2.12 bits per heavy atom. The number of rotatable bonds is 6. The van der Waals surface area contributed by atoms with E-state index in [2.05, 4.69) is 0 Å². The first-order valence-corrected chi connectivity index (χ1v) is 8.09. The Kier molecular flexibility index (Phi) is 5.12. The van der Waals surface area contributed by atoms with Crippen molar-refractivity contribution in [2.24, 2.45) is 5.73 Å². The summed E-state index contributed by atoms with van der Waals surface area (Å²) in [7, 11) is -3.40. The molecule has 1 aromatic rings. The van der Waals surface area contributed by atoms with Crippen LogP contribution in [-0.2, 0) is 16.6 Å². The highest BCUT2D eigenvalue weighted by Gasteiger charge is 2.29. The molecule has 0 saturated carbocycles. The van der Waals surface area contributed by atoms with Gasteiger partial charge in [-0.05, 0) is 24.8 Å². The Bertz CT molecular complexity index is 454. The second-order valence-corrected chi connectivity index (χ2v) is 6.74. The highest BCUT2D eigenvalue weighted by molar-refractivity contribution is 7.89. The van der Waals surface area contributed by atoms with Gasteiger partial charge in [0, 0.05) is 24.0 Å². The van der Waals surface area contributed by atoms with E-state index in [9.17, 15) is 8.42 Å². The van der Waals surface area contributed by atoms with E-state index < -0.39 is 10.0 Å². The summed E-state index contributed by atoms with van der Waals surface area (Å²) in [5, 5.41) is 1.78. The normalized spacial score (nSPS) is 14.2. The van der Waals surface area contributed by atoms with Crippen molar-refractivity contribution in [3.05, 3.63) is 16.3 Å². The summed E-state index contributed by atoms with van der Waals surface area (Å²) in [5.41, 5.74) is 5.57. The van der Waals surface area contributed by atoms with Crippen LogP contribution in [0, 0.1) is 0 Å². The summed E-state index contributed by atoms with van der Waals surface area (Å²) in [6.45, 7) is 6.52. The lowest BCUT2D eigenvalue weighted by atomic mass is 10.3. The van der Waals surface area contributed by atoms with Gasteiger partial charge in [-0.1, -0.05) is 13.8 Å². The smallest absolute Gasteiger partial charge is 0.244 e. The Morgan fingerprint density at radius 3 is 2.59 bits per heavy atom. The van der Waals surface area contributed by atoms with E-state index in [1.165, 1.54) is 15.6 Å². The molecule has 4 nitrogen and oxygen atoms in total. The molecule has 6 heteroatoms. The molecule has 1 rings (SSSR count). The van der Waals surface area contributed by atoms with Gasteiger partial charge in [0.2, 0.25) is 10.0 Å². The fraction of sp³-hybridized carbons (Fsp3) is 0.636. The maximum Gasteiger partial charge on any atom is 0.244 e.